The maximum absolute atomic E-state index is 12.7. The molecule has 0 bridgehead atoms. The van der Waals surface area contributed by atoms with Gasteiger partial charge in [0.15, 0.2) is 0 Å². The van der Waals surface area contributed by atoms with Crippen LogP contribution in [0.3, 0.4) is 0 Å². The van der Waals surface area contributed by atoms with E-state index in [2.05, 4.69) is 21.1 Å². The second kappa shape index (κ2) is 4.63. The standard InChI is InChI=1S/C8H4BrF6NO2S/c9-3-1-4(7(10,11)12)6(8(13,14)15)5(2-3)19(16,17)18/h1-2H,(H2,16,17,18). The molecule has 0 aliphatic rings. The van der Waals surface area contributed by atoms with Gasteiger partial charge in [-0.1, -0.05) is 15.9 Å². The largest absolute Gasteiger partial charge is 0.418 e. The molecule has 0 spiro atoms. The lowest BCUT2D eigenvalue weighted by Crippen LogP contribution is -2.24. The van der Waals surface area contributed by atoms with E-state index in [0.29, 0.717) is 6.07 Å². The highest BCUT2D eigenvalue weighted by atomic mass is 79.9. The average molecular weight is 372 g/mol. The first-order valence-corrected chi connectivity index (χ1v) is 6.59. The van der Waals surface area contributed by atoms with Crippen LogP contribution in [-0.4, -0.2) is 8.42 Å². The van der Waals surface area contributed by atoms with Gasteiger partial charge in [-0.05, 0) is 12.1 Å². The fourth-order valence-corrected chi connectivity index (χ4v) is 2.73. The zero-order chi connectivity index (χ0) is 15.2. The number of rotatable bonds is 1. The molecule has 0 atom stereocenters. The second-order valence-electron chi connectivity index (χ2n) is 3.37. The monoisotopic (exact) mass is 371 g/mol. The van der Waals surface area contributed by atoms with E-state index >= 15 is 0 Å². The third-order valence-electron chi connectivity index (χ3n) is 1.96. The molecular formula is C8H4BrF6NO2S. The van der Waals surface area contributed by atoms with Crippen molar-refractivity contribution in [2.24, 2.45) is 5.14 Å². The molecule has 0 unspecified atom stereocenters. The highest BCUT2D eigenvalue weighted by molar-refractivity contribution is 9.10. The molecule has 0 saturated carbocycles. The van der Waals surface area contributed by atoms with Crippen LogP contribution in [0.25, 0.3) is 0 Å². The summed E-state index contributed by atoms with van der Waals surface area (Å²) in [6, 6.07) is 0.505. The minimum atomic E-state index is -5.52. The first-order chi connectivity index (χ1) is 8.24. The quantitative estimate of drug-likeness (QED) is 0.771. The van der Waals surface area contributed by atoms with Crippen LogP contribution in [-0.2, 0) is 22.4 Å². The molecule has 1 aromatic carbocycles. The SMILES string of the molecule is NS(=O)(=O)c1cc(Br)cc(C(F)(F)F)c1C(F)(F)F. The summed E-state index contributed by atoms with van der Waals surface area (Å²) in [6.07, 6.45) is -10.9. The van der Waals surface area contributed by atoms with E-state index in [0.717, 1.165) is 0 Å². The molecule has 0 saturated heterocycles. The topological polar surface area (TPSA) is 60.2 Å². The summed E-state index contributed by atoms with van der Waals surface area (Å²) in [4.78, 5) is -1.64. The molecule has 0 aliphatic carbocycles. The van der Waals surface area contributed by atoms with E-state index in [9.17, 15) is 34.8 Å². The molecule has 108 valence electrons. The molecule has 0 aromatic heterocycles. The molecule has 2 N–H and O–H groups in total. The Morgan fingerprint density at radius 2 is 1.47 bits per heavy atom. The number of primary sulfonamides is 1. The predicted molar refractivity (Wildman–Crippen MR) is 55.5 cm³/mol. The van der Waals surface area contributed by atoms with Gasteiger partial charge in [-0.15, -0.1) is 0 Å². The molecule has 1 aromatic rings. The van der Waals surface area contributed by atoms with Crippen molar-refractivity contribution >= 4 is 26.0 Å². The molecule has 11 heteroatoms. The van der Waals surface area contributed by atoms with E-state index in [1.807, 2.05) is 0 Å². The molecular weight excluding hydrogens is 368 g/mol. The number of halogens is 7. The summed E-state index contributed by atoms with van der Waals surface area (Å²) in [5.74, 6) is 0. The van der Waals surface area contributed by atoms with Gasteiger partial charge in [0.1, 0.15) is 0 Å². The van der Waals surface area contributed by atoms with Gasteiger partial charge in [0.05, 0.1) is 16.0 Å². The molecule has 0 fully saturated rings. The molecule has 3 nitrogen and oxygen atoms in total. The molecule has 0 amide bonds. The number of hydrogen-bond donors (Lipinski definition) is 1. The number of benzene rings is 1. The third kappa shape index (κ3) is 3.60. The van der Waals surface area contributed by atoms with Gasteiger partial charge in [-0.3, -0.25) is 0 Å². The Balaban J connectivity index is 3.91. The maximum Gasteiger partial charge on any atom is 0.418 e. The molecule has 0 radical (unpaired) electrons. The normalized spacial score (nSPS) is 13.7. The van der Waals surface area contributed by atoms with Crippen molar-refractivity contribution < 1.29 is 34.8 Å². The van der Waals surface area contributed by atoms with Crippen molar-refractivity contribution in [3.8, 4) is 0 Å². The maximum atomic E-state index is 12.7. The van der Waals surface area contributed by atoms with Crippen LogP contribution >= 0.6 is 15.9 Å². The number of hydrogen-bond acceptors (Lipinski definition) is 2. The van der Waals surface area contributed by atoms with Crippen LogP contribution < -0.4 is 5.14 Å². The van der Waals surface area contributed by atoms with E-state index in [4.69, 9.17) is 0 Å². The van der Waals surface area contributed by atoms with Crippen LogP contribution in [0.15, 0.2) is 21.5 Å². The van der Waals surface area contributed by atoms with Crippen LogP contribution in [0.4, 0.5) is 26.3 Å². The Morgan fingerprint density at radius 1 is 1.00 bits per heavy atom. The van der Waals surface area contributed by atoms with Gasteiger partial charge in [0.2, 0.25) is 10.0 Å². The number of alkyl halides is 6. The molecule has 19 heavy (non-hydrogen) atoms. The van der Waals surface area contributed by atoms with Gasteiger partial charge in [0.25, 0.3) is 0 Å². The highest BCUT2D eigenvalue weighted by Gasteiger charge is 2.46. The molecule has 0 heterocycles. The Hall–Kier alpha value is -0.810. The minimum Gasteiger partial charge on any atom is -0.225 e. The summed E-state index contributed by atoms with van der Waals surface area (Å²) in [7, 11) is -4.97. The van der Waals surface area contributed by atoms with E-state index in [1.54, 1.807) is 0 Å². The van der Waals surface area contributed by atoms with Crippen LogP contribution in [0.2, 0.25) is 0 Å². The van der Waals surface area contributed by atoms with Crippen molar-refractivity contribution in [2.75, 3.05) is 0 Å². The first-order valence-electron chi connectivity index (χ1n) is 4.25. The molecule has 0 aliphatic heterocycles. The van der Waals surface area contributed by atoms with E-state index in [1.165, 1.54) is 0 Å². The Bertz CT molecular complexity index is 607. The molecule has 1 rings (SSSR count). The van der Waals surface area contributed by atoms with Crippen molar-refractivity contribution in [3.63, 3.8) is 0 Å². The summed E-state index contributed by atoms with van der Waals surface area (Å²) in [5, 5.41) is 4.52. The number of nitrogens with two attached hydrogens (primary N) is 1. The predicted octanol–water partition coefficient (Wildman–Crippen LogP) is 3.13. The van der Waals surface area contributed by atoms with E-state index < -0.39 is 42.9 Å². The zero-order valence-electron chi connectivity index (χ0n) is 8.60. The lowest BCUT2D eigenvalue weighted by molar-refractivity contribution is -0.163. The Morgan fingerprint density at radius 3 is 1.79 bits per heavy atom. The fraction of sp³-hybridized carbons (Fsp3) is 0.250. The van der Waals surface area contributed by atoms with Gasteiger partial charge in [0, 0.05) is 4.47 Å². The first kappa shape index (κ1) is 16.2. The van der Waals surface area contributed by atoms with E-state index in [-0.39, 0.29) is 6.07 Å². The van der Waals surface area contributed by atoms with Crippen molar-refractivity contribution in [2.45, 2.75) is 17.2 Å². The minimum absolute atomic E-state index is 0.136. The van der Waals surface area contributed by atoms with Gasteiger partial charge >= 0.3 is 12.4 Å². The van der Waals surface area contributed by atoms with Gasteiger partial charge in [-0.2, -0.15) is 26.3 Å². The summed E-state index contributed by atoms with van der Waals surface area (Å²) in [5.41, 5.74) is -4.45. The van der Waals surface area contributed by atoms with Gasteiger partial charge in [-0.25, -0.2) is 13.6 Å². The van der Waals surface area contributed by atoms with Crippen LogP contribution in [0, 0.1) is 0 Å². The number of sulfonamides is 1. The lowest BCUT2D eigenvalue weighted by Gasteiger charge is -2.18. The van der Waals surface area contributed by atoms with Crippen molar-refractivity contribution in [1.82, 2.24) is 0 Å². The van der Waals surface area contributed by atoms with Crippen LogP contribution in [0.5, 0.6) is 0 Å². The third-order valence-corrected chi connectivity index (χ3v) is 3.36. The van der Waals surface area contributed by atoms with Crippen molar-refractivity contribution in [1.29, 1.82) is 0 Å². The Kier molecular flexibility index (Phi) is 3.96. The lowest BCUT2D eigenvalue weighted by atomic mass is 10.1. The zero-order valence-corrected chi connectivity index (χ0v) is 11.0. The van der Waals surface area contributed by atoms with Crippen molar-refractivity contribution in [3.05, 3.63) is 27.7 Å². The fourth-order valence-electron chi connectivity index (χ4n) is 1.32. The summed E-state index contributed by atoms with van der Waals surface area (Å²) in [6.45, 7) is 0. The van der Waals surface area contributed by atoms with Crippen LogP contribution in [0.1, 0.15) is 11.1 Å². The smallest absolute Gasteiger partial charge is 0.225 e. The summed E-state index contributed by atoms with van der Waals surface area (Å²) < 4.78 is 97.3. The summed E-state index contributed by atoms with van der Waals surface area (Å²) >= 11 is 2.51. The Labute approximate surface area is 111 Å². The highest BCUT2D eigenvalue weighted by Crippen LogP contribution is 2.44. The van der Waals surface area contributed by atoms with Gasteiger partial charge < -0.3 is 0 Å². The average Bonchev–Trinajstić information content (AvgIpc) is 2.11. The second-order valence-corrected chi connectivity index (χ2v) is 5.81.